The number of aliphatic carboxylic acids is 2. The Hall–Kier alpha value is -2.31. The van der Waals surface area contributed by atoms with Gasteiger partial charge in [-0.3, -0.25) is 9.59 Å². The summed E-state index contributed by atoms with van der Waals surface area (Å²) in [7, 11) is 0. The number of benzene rings is 2. The molecule has 0 radical (unpaired) electrons. The normalized spacial score (nSPS) is 12.9. The molecule has 2 aromatic rings. The molecule has 3 N–H and O–H groups in total. The van der Waals surface area contributed by atoms with Crippen LogP contribution in [0.2, 0.25) is 0 Å². The minimum absolute atomic E-state index is 0.126. The first kappa shape index (κ1) is 25.9. The molecule has 0 aromatic heterocycles. The Labute approximate surface area is 194 Å². The second-order valence-electron chi connectivity index (χ2n) is 8.11. The second-order valence-corrected chi connectivity index (χ2v) is 9.48. The smallest absolute Gasteiger partial charge is 0.307 e. The third-order valence-corrected chi connectivity index (χ3v) is 6.74. The van der Waals surface area contributed by atoms with Crippen LogP contribution in [0.3, 0.4) is 0 Å². The van der Waals surface area contributed by atoms with Crippen molar-refractivity contribution in [3.05, 3.63) is 71.3 Å². The Balaban J connectivity index is 1.81. The number of carboxylic acids is 2. The molecule has 0 amide bonds. The summed E-state index contributed by atoms with van der Waals surface area (Å²) in [6, 6.07) is 17.9. The average molecular weight is 459 g/mol. The average Bonchev–Trinajstić information content (AvgIpc) is 2.76. The Morgan fingerprint density at radius 1 is 0.750 bits per heavy atom. The maximum atomic E-state index is 11.4. The summed E-state index contributed by atoms with van der Waals surface area (Å²) >= 11 is 0.993. The Morgan fingerprint density at radius 3 is 2.00 bits per heavy atom. The monoisotopic (exact) mass is 458 g/mol. The molecule has 1 atom stereocenters. The maximum absolute atomic E-state index is 11.4. The first-order valence-electron chi connectivity index (χ1n) is 11.3. The van der Waals surface area contributed by atoms with E-state index in [1.807, 2.05) is 18.2 Å². The minimum atomic E-state index is -1.63. The molecule has 0 fully saturated rings. The molecule has 0 spiro atoms. The highest BCUT2D eigenvalue weighted by atomic mass is 32.2. The first-order chi connectivity index (χ1) is 15.4. The number of aryl methyl sites for hydroxylation is 2. The van der Waals surface area contributed by atoms with E-state index in [-0.39, 0.29) is 12.2 Å². The van der Waals surface area contributed by atoms with E-state index in [2.05, 4.69) is 24.3 Å². The van der Waals surface area contributed by atoms with Gasteiger partial charge >= 0.3 is 11.9 Å². The number of thioether (sulfide) groups is 1. The van der Waals surface area contributed by atoms with E-state index in [1.165, 1.54) is 24.8 Å². The van der Waals surface area contributed by atoms with Crippen LogP contribution < -0.4 is 0 Å². The Bertz CT molecular complexity index is 839. The zero-order chi connectivity index (χ0) is 23.2. The van der Waals surface area contributed by atoms with Gasteiger partial charge in [-0.15, -0.1) is 11.8 Å². The number of aliphatic hydroxyl groups is 1. The van der Waals surface area contributed by atoms with Crippen molar-refractivity contribution in [2.24, 2.45) is 0 Å². The molecular weight excluding hydrogens is 424 g/mol. The van der Waals surface area contributed by atoms with Crippen molar-refractivity contribution in [3.63, 3.8) is 0 Å². The molecule has 0 aliphatic rings. The lowest BCUT2D eigenvalue weighted by molar-refractivity contribution is -0.140. The maximum Gasteiger partial charge on any atom is 0.307 e. The predicted octanol–water partition coefficient (Wildman–Crippen LogP) is 5.64. The third kappa shape index (κ3) is 9.45. The summed E-state index contributed by atoms with van der Waals surface area (Å²) in [5.74, 6) is -1.93. The van der Waals surface area contributed by atoms with Crippen molar-refractivity contribution in [1.82, 2.24) is 0 Å². The van der Waals surface area contributed by atoms with Crippen molar-refractivity contribution < 1.29 is 24.9 Å². The molecule has 0 unspecified atom stereocenters. The van der Waals surface area contributed by atoms with Crippen LogP contribution in [0.25, 0.3) is 0 Å². The van der Waals surface area contributed by atoms with Crippen LogP contribution in [0.5, 0.6) is 0 Å². The van der Waals surface area contributed by atoms with Crippen molar-refractivity contribution in [1.29, 1.82) is 0 Å². The summed E-state index contributed by atoms with van der Waals surface area (Å²) in [5.41, 5.74) is 2.91. The number of carbonyl (C=O) groups is 2. The molecule has 32 heavy (non-hydrogen) atoms. The molecule has 2 rings (SSSR count). The van der Waals surface area contributed by atoms with Gasteiger partial charge in [-0.2, -0.15) is 0 Å². The zero-order valence-electron chi connectivity index (χ0n) is 18.5. The van der Waals surface area contributed by atoms with Crippen LogP contribution in [0.1, 0.15) is 68.1 Å². The highest BCUT2D eigenvalue weighted by Crippen LogP contribution is 2.39. The standard InChI is InChI=1S/C26H34O5S/c27-24(28)18-19-32-26(31,20-25(29)30)23-17-11-10-16-22(23)15-9-4-2-1-3-6-12-21-13-7-5-8-14-21/h5,7-8,10-11,13-14,16-17,31H,1-4,6,9,12,15,18-20H2,(H,27,28)(H,29,30)/t26-/m1/s1. The number of unbranched alkanes of at least 4 members (excludes halogenated alkanes) is 5. The van der Waals surface area contributed by atoms with Crippen molar-refractivity contribution in [2.45, 2.75) is 69.1 Å². The highest BCUT2D eigenvalue weighted by molar-refractivity contribution is 8.00. The lowest BCUT2D eigenvalue weighted by Crippen LogP contribution is -2.27. The Morgan fingerprint density at radius 2 is 1.34 bits per heavy atom. The van der Waals surface area contributed by atoms with Gasteiger partial charge in [0.2, 0.25) is 0 Å². The molecule has 0 bridgehead atoms. The summed E-state index contributed by atoms with van der Waals surface area (Å²) in [5, 5.41) is 29.3. The van der Waals surface area contributed by atoms with Gasteiger partial charge in [-0.05, 0) is 42.4 Å². The lowest BCUT2D eigenvalue weighted by atomic mass is 9.95. The molecule has 0 aliphatic carbocycles. The van der Waals surface area contributed by atoms with Crippen LogP contribution in [-0.2, 0) is 27.4 Å². The van der Waals surface area contributed by atoms with E-state index in [4.69, 9.17) is 5.11 Å². The summed E-state index contributed by atoms with van der Waals surface area (Å²) in [4.78, 5) is 20.6. The molecule has 0 saturated heterocycles. The predicted molar refractivity (Wildman–Crippen MR) is 129 cm³/mol. The minimum Gasteiger partial charge on any atom is -0.481 e. The molecule has 2 aromatic carbocycles. The second kappa shape index (κ2) is 14.0. The van der Waals surface area contributed by atoms with Crippen molar-refractivity contribution in [3.8, 4) is 0 Å². The third-order valence-electron chi connectivity index (χ3n) is 5.49. The van der Waals surface area contributed by atoms with E-state index in [9.17, 15) is 19.8 Å². The summed E-state index contributed by atoms with van der Waals surface area (Å²) in [6.45, 7) is 0. The van der Waals surface area contributed by atoms with Gasteiger partial charge in [-0.1, -0.05) is 80.3 Å². The fraction of sp³-hybridized carbons (Fsp3) is 0.462. The summed E-state index contributed by atoms with van der Waals surface area (Å²) < 4.78 is 0. The van der Waals surface area contributed by atoms with Gasteiger partial charge < -0.3 is 15.3 Å². The lowest BCUT2D eigenvalue weighted by Gasteiger charge is -2.28. The molecular formula is C26H34O5S. The number of rotatable bonds is 16. The number of hydrogen-bond donors (Lipinski definition) is 3. The summed E-state index contributed by atoms with van der Waals surface area (Å²) in [6.07, 6.45) is 8.12. The van der Waals surface area contributed by atoms with E-state index < -0.39 is 23.3 Å². The van der Waals surface area contributed by atoms with Crippen LogP contribution in [0, 0.1) is 0 Å². The highest BCUT2D eigenvalue weighted by Gasteiger charge is 2.34. The van der Waals surface area contributed by atoms with E-state index in [1.54, 1.807) is 12.1 Å². The SMILES string of the molecule is O=C(O)CCS[C@](O)(CC(=O)O)c1ccccc1CCCCCCCCc1ccccc1. The van der Waals surface area contributed by atoms with Gasteiger partial charge in [0.25, 0.3) is 0 Å². The fourth-order valence-electron chi connectivity index (χ4n) is 3.85. The number of hydrogen-bond acceptors (Lipinski definition) is 4. The molecule has 6 heteroatoms. The van der Waals surface area contributed by atoms with Gasteiger partial charge in [0.15, 0.2) is 0 Å². The van der Waals surface area contributed by atoms with Gasteiger partial charge in [0, 0.05) is 5.75 Å². The molecule has 0 heterocycles. The van der Waals surface area contributed by atoms with Crippen LogP contribution in [-0.4, -0.2) is 33.0 Å². The van der Waals surface area contributed by atoms with Crippen LogP contribution >= 0.6 is 11.8 Å². The first-order valence-corrected chi connectivity index (χ1v) is 12.3. The van der Waals surface area contributed by atoms with Gasteiger partial charge in [0.05, 0.1) is 12.8 Å². The Kier molecular flexibility index (Phi) is 11.3. The van der Waals surface area contributed by atoms with E-state index >= 15 is 0 Å². The number of carboxylic acid groups (broad SMARTS) is 2. The topological polar surface area (TPSA) is 94.8 Å². The van der Waals surface area contributed by atoms with Crippen LogP contribution in [0.4, 0.5) is 0 Å². The van der Waals surface area contributed by atoms with E-state index in [0.717, 1.165) is 49.4 Å². The quantitative estimate of drug-likeness (QED) is 0.223. The van der Waals surface area contributed by atoms with Crippen molar-refractivity contribution >= 4 is 23.7 Å². The van der Waals surface area contributed by atoms with Gasteiger partial charge in [-0.25, -0.2) is 0 Å². The van der Waals surface area contributed by atoms with Gasteiger partial charge in [0.1, 0.15) is 4.93 Å². The molecule has 174 valence electrons. The fourth-order valence-corrected chi connectivity index (χ4v) is 5.05. The van der Waals surface area contributed by atoms with Crippen LogP contribution in [0.15, 0.2) is 54.6 Å². The zero-order valence-corrected chi connectivity index (χ0v) is 19.4. The van der Waals surface area contributed by atoms with E-state index in [0.29, 0.717) is 5.56 Å². The van der Waals surface area contributed by atoms with Crippen molar-refractivity contribution in [2.75, 3.05) is 5.75 Å². The molecule has 0 aliphatic heterocycles. The molecule has 5 nitrogen and oxygen atoms in total. The molecule has 0 saturated carbocycles. The largest absolute Gasteiger partial charge is 0.481 e.